The number of aliphatic hydroxyl groups excluding tert-OH is 1. The van der Waals surface area contributed by atoms with Gasteiger partial charge in [0, 0.05) is 8.95 Å². The fraction of sp³-hybridized carbons (Fsp3) is 0.400. The van der Waals surface area contributed by atoms with Crippen molar-refractivity contribution in [3.05, 3.63) is 27.1 Å². The van der Waals surface area contributed by atoms with E-state index < -0.39 is 15.6 Å². The summed E-state index contributed by atoms with van der Waals surface area (Å²) in [5, 5.41) is 9.13. The maximum atomic E-state index is 12.1. The molecule has 2 rings (SSSR count). The van der Waals surface area contributed by atoms with Crippen LogP contribution in [-0.2, 0) is 10.0 Å². The molecule has 0 unspecified atom stereocenters. The molecule has 1 fully saturated rings. The molecule has 0 atom stereocenters. The van der Waals surface area contributed by atoms with Gasteiger partial charge in [-0.2, -0.15) is 0 Å². The van der Waals surface area contributed by atoms with E-state index in [-0.39, 0.29) is 11.5 Å². The van der Waals surface area contributed by atoms with Crippen LogP contribution >= 0.6 is 31.9 Å². The van der Waals surface area contributed by atoms with E-state index in [4.69, 9.17) is 5.11 Å². The van der Waals surface area contributed by atoms with Crippen molar-refractivity contribution in [2.75, 3.05) is 6.61 Å². The average molecular weight is 385 g/mol. The summed E-state index contributed by atoms with van der Waals surface area (Å²) in [4.78, 5) is 0.181. The van der Waals surface area contributed by atoms with Gasteiger partial charge in [-0.15, -0.1) is 0 Å². The third-order valence-electron chi connectivity index (χ3n) is 2.69. The Balaban J connectivity index is 2.32. The molecule has 2 N–H and O–H groups in total. The second-order valence-corrected chi connectivity index (χ2v) is 7.54. The van der Waals surface area contributed by atoms with Gasteiger partial charge in [-0.05, 0) is 47.0 Å². The van der Waals surface area contributed by atoms with Crippen LogP contribution in [0.2, 0.25) is 0 Å². The predicted octanol–water partition coefficient (Wildman–Crippen LogP) is 2.01. The number of benzene rings is 1. The minimum absolute atomic E-state index is 0.166. The van der Waals surface area contributed by atoms with Crippen LogP contribution in [0.4, 0.5) is 0 Å². The summed E-state index contributed by atoms with van der Waals surface area (Å²) in [7, 11) is -3.59. The second kappa shape index (κ2) is 4.62. The summed E-state index contributed by atoms with van der Waals surface area (Å²) in [6.07, 6.45) is 1.35. The van der Waals surface area contributed by atoms with Crippen molar-refractivity contribution in [3.8, 4) is 0 Å². The van der Waals surface area contributed by atoms with Gasteiger partial charge in [-0.3, -0.25) is 0 Å². The summed E-state index contributed by atoms with van der Waals surface area (Å²) in [6.45, 7) is -0.166. The zero-order chi connectivity index (χ0) is 12.7. The molecule has 0 bridgehead atoms. The molecule has 7 heteroatoms. The minimum Gasteiger partial charge on any atom is -0.394 e. The van der Waals surface area contributed by atoms with E-state index >= 15 is 0 Å². The molecule has 0 radical (unpaired) electrons. The Morgan fingerprint density at radius 2 is 2.00 bits per heavy atom. The number of rotatable bonds is 4. The number of halogens is 2. The summed E-state index contributed by atoms with van der Waals surface area (Å²) < 4.78 is 28.1. The number of aliphatic hydroxyl groups is 1. The summed E-state index contributed by atoms with van der Waals surface area (Å²) in [5.74, 6) is 0. The van der Waals surface area contributed by atoms with Crippen LogP contribution in [0.25, 0.3) is 0 Å². The van der Waals surface area contributed by atoms with Crippen molar-refractivity contribution in [2.24, 2.45) is 0 Å². The zero-order valence-corrected chi connectivity index (χ0v) is 12.8. The third-order valence-corrected chi connectivity index (χ3v) is 5.74. The van der Waals surface area contributed by atoms with Crippen LogP contribution in [0.1, 0.15) is 12.8 Å². The first kappa shape index (κ1) is 13.5. The van der Waals surface area contributed by atoms with Crippen LogP contribution in [0, 0.1) is 0 Å². The molecule has 94 valence electrons. The molecule has 1 aliphatic rings. The molecule has 0 saturated heterocycles. The molecule has 0 aliphatic heterocycles. The second-order valence-electron chi connectivity index (χ2n) is 4.12. The lowest BCUT2D eigenvalue weighted by molar-refractivity contribution is 0.246. The average Bonchev–Trinajstić information content (AvgIpc) is 2.97. The van der Waals surface area contributed by atoms with Gasteiger partial charge >= 0.3 is 0 Å². The van der Waals surface area contributed by atoms with E-state index in [1.807, 2.05) is 0 Å². The van der Waals surface area contributed by atoms with E-state index in [2.05, 4.69) is 36.6 Å². The number of hydrogen-bond donors (Lipinski definition) is 2. The van der Waals surface area contributed by atoms with Crippen LogP contribution in [0.3, 0.4) is 0 Å². The normalized spacial score (nSPS) is 18.1. The molecule has 1 aromatic carbocycles. The van der Waals surface area contributed by atoms with E-state index in [0.717, 1.165) is 4.47 Å². The van der Waals surface area contributed by atoms with Gasteiger partial charge < -0.3 is 5.11 Å². The molecule has 0 aromatic heterocycles. The SMILES string of the molecule is O=S(=O)(NC1(CO)CC1)c1ccc(Br)cc1Br. The maximum absolute atomic E-state index is 12.1. The lowest BCUT2D eigenvalue weighted by Gasteiger charge is -2.15. The Hall–Kier alpha value is 0.0500. The van der Waals surface area contributed by atoms with E-state index in [9.17, 15) is 8.42 Å². The van der Waals surface area contributed by atoms with Crippen LogP contribution in [0.5, 0.6) is 0 Å². The quantitative estimate of drug-likeness (QED) is 0.834. The topological polar surface area (TPSA) is 66.4 Å². The van der Waals surface area contributed by atoms with Crippen LogP contribution in [0.15, 0.2) is 32.0 Å². The lowest BCUT2D eigenvalue weighted by Crippen LogP contribution is -2.39. The van der Waals surface area contributed by atoms with Gasteiger partial charge in [0.05, 0.1) is 17.0 Å². The maximum Gasteiger partial charge on any atom is 0.242 e. The molecule has 0 heterocycles. The molecule has 0 spiro atoms. The van der Waals surface area contributed by atoms with Gasteiger partial charge in [0.2, 0.25) is 10.0 Å². The van der Waals surface area contributed by atoms with Crippen molar-refractivity contribution in [3.63, 3.8) is 0 Å². The van der Waals surface area contributed by atoms with Crippen molar-refractivity contribution in [1.82, 2.24) is 4.72 Å². The summed E-state index contributed by atoms with van der Waals surface area (Å²) >= 11 is 6.49. The van der Waals surface area contributed by atoms with E-state index in [1.165, 1.54) is 6.07 Å². The largest absolute Gasteiger partial charge is 0.394 e. The van der Waals surface area contributed by atoms with Gasteiger partial charge in [0.25, 0.3) is 0 Å². The highest BCUT2D eigenvalue weighted by Crippen LogP contribution is 2.37. The van der Waals surface area contributed by atoms with Crippen LogP contribution < -0.4 is 4.72 Å². The fourth-order valence-corrected chi connectivity index (χ4v) is 4.67. The Morgan fingerprint density at radius 1 is 1.35 bits per heavy atom. The highest BCUT2D eigenvalue weighted by atomic mass is 79.9. The summed E-state index contributed by atoms with van der Waals surface area (Å²) in [6, 6.07) is 4.86. The first-order chi connectivity index (χ1) is 7.88. The van der Waals surface area contributed by atoms with Crippen molar-refractivity contribution in [1.29, 1.82) is 0 Å². The fourth-order valence-electron chi connectivity index (χ4n) is 1.48. The Morgan fingerprint density at radius 3 is 2.47 bits per heavy atom. The highest BCUT2D eigenvalue weighted by Gasteiger charge is 2.45. The molecular weight excluding hydrogens is 374 g/mol. The minimum atomic E-state index is -3.59. The van der Waals surface area contributed by atoms with Crippen molar-refractivity contribution < 1.29 is 13.5 Å². The zero-order valence-electron chi connectivity index (χ0n) is 8.78. The Labute approximate surface area is 117 Å². The Bertz CT molecular complexity index is 540. The molecule has 4 nitrogen and oxygen atoms in total. The lowest BCUT2D eigenvalue weighted by atomic mass is 10.3. The summed E-state index contributed by atoms with van der Waals surface area (Å²) in [5.41, 5.74) is -0.647. The van der Waals surface area contributed by atoms with Gasteiger partial charge in [0.15, 0.2) is 0 Å². The predicted molar refractivity (Wildman–Crippen MR) is 71.2 cm³/mol. The first-order valence-corrected chi connectivity index (χ1v) is 8.05. The van der Waals surface area contributed by atoms with Gasteiger partial charge in [-0.1, -0.05) is 15.9 Å². The van der Waals surface area contributed by atoms with Crippen molar-refractivity contribution >= 4 is 41.9 Å². The molecule has 1 aliphatic carbocycles. The molecule has 1 aromatic rings. The third kappa shape index (κ3) is 2.90. The molecular formula is C10H11Br2NO3S. The molecule has 1 saturated carbocycles. The van der Waals surface area contributed by atoms with Crippen molar-refractivity contribution in [2.45, 2.75) is 23.3 Å². The molecule has 17 heavy (non-hydrogen) atoms. The number of sulfonamides is 1. The van der Waals surface area contributed by atoms with Gasteiger partial charge in [-0.25, -0.2) is 13.1 Å². The number of nitrogens with one attached hydrogen (secondary N) is 1. The number of hydrogen-bond acceptors (Lipinski definition) is 3. The van der Waals surface area contributed by atoms with Gasteiger partial charge in [0.1, 0.15) is 0 Å². The first-order valence-electron chi connectivity index (χ1n) is 4.98. The molecule has 0 amide bonds. The Kier molecular flexibility index (Phi) is 3.66. The monoisotopic (exact) mass is 383 g/mol. The van der Waals surface area contributed by atoms with E-state index in [0.29, 0.717) is 17.3 Å². The smallest absolute Gasteiger partial charge is 0.242 e. The standard InChI is InChI=1S/C10H11Br2NO3S/c11-7-1-2-9(8(12)5-7)17(15,16)13-10(6-14)3-4-10/h1-2,5,13-14H,3-4,6H2. The van der Waals surface area contributed by atoms with E-state index in [1.54, 1.807) is 12.1 Å². The van der Waals surface area contributed by atoms with Crippen LogP contribution in [-0.4, -0.2) is 25.7 Å². The highest BCUT2D eigenvalue weighted by molar-refractivity contribution is 9.11.